The van der Waals surface area contributed by atoms with Crippen molar-refractivity contribution >= 4 is 5.91 Å². The van der Waals surface area contributed by atoms with Crippen LogP contribution in [0.2, 0.25) is 0 Å². The fourth-order valence-electron chi connectivity index (χ4n) is 2.78. The Morgan fingerprint density at radius 2 is 2.10 bits per heavy atom. The molecule has 20 heavy (non-hydrogen) atoms. The SMILES string of the molecule is CCN1CC(Cn2ccnc2-c2ccncc2)CC1=O. The molecular formula is C15H18N4O. The highest BCUT2D eigenvalue weighted by molar-refractivity contribution is 5.78. The van der Waals surface area contributed by atoms with E-state index in [2.05, 4.69) is 14.5 Å². The smallest absolute Gasteiger partial charge is 0.222 e. The molecule has 1 aliphatic heterocycles. The standard InChI is InChI=1S/C15H18N4O/c1-2-18-10-12(9-14(18)20)11-19-8-7-17-15(19)13-3-5-16-6-4-13/h3-8,12H,2,9-11H2,1H3. The van der Waals surface area contributed by atoms with Crippen LogP contribution >= 0.6 is 0 Å². The van der Waals surface area contributed by atoms with E-state index in [-0.39, 0.29) is 5.91 Å². The topological polar surface area (TPSA) is 51.0 Å². The second-order valence-electron chi connectivity index (χ2n) is 5.14. The summed E-state index contributed by atoms with van der Waals surface area (Å²) in [5.74, 6) is 1.58. The van der Waals surface area contributed by atoms with Crippen molar-refractivity contribution in [2.24, 2.45) is 5.92 Å². The van der Waals surface area contributed by atoms with Crippen molar-refractivity contribution in [3.63, 3.8) is 0 Å². The molecule has 104 valence electrons. The molecular weight excluding hydrogens is 252 g/mol. The first-order valence-electron chi connectivity index (χ1n) is 6.97. The Hall–Kier alpha value is -2.17. The van der Waals surface area contributed by atoms with Gasteiger partial charge in [-0.05, 0) is 19.1 Å². The lowest BCUT2D eigenvalue weighted by atomic mass is 10.1. The minimum Gasteiger partial charge on any atom is -0.343 e. The van der Waals surface area contributed by atoms with Crippen molar-refractivity contribution in [3.05, 3.63) is 36.9 Å². The molecule has 1 unspecified atom stereocenters. The first-order valence-corrected chi connectivity index (χ1v) is 6.97. The monoisotopic (exact) mass is 270 g/mol. The summed E-state index contributed by atoms with van der Waals surface area (Å²) in [6.45, 7) is 4.51. The van der Waals surface area contributed by atoms with Crippen LogP contribution in [-0.2, 0) is 11.3 Å². The lowest BCUT2D eigenvalue weighted by Gasteiger charge is -2.15. The Bertz CT molecular complexity index is 593. The number of pyridine rings is 1. The van der Waals surface area contributed by atoms with Gasteiger partial charge in [-0.2, -0.15) is 0 Å². The highest BCUT2D eigenvalue weighted by atomic mass is 16.2. The van der Waals surface area contributed by atoms with Gasteiger partial charge in [0.05, 0.1) is 0 Å². The summed E-state index contributed by atoms with van der Waals surface area (Å²) in [5, 5.41) is 0. The van der Waals surface area contributed by atoms with Gasteiger partial charge in [0.15, 0.2) is 0 Å². The summed E-state index contributed by atoms with van der Waals surface area (Å²) >= 11 is 0. The number of rotatable bonds is 4. The fourth-order valence-corrected chi connectivity index (χ4v) is 2.78. The molecule has 0 aliphatic carbocycles. The maximum atomic E-state index is 11.8. The Morgan fingerprint density at radius 3 is 2.80 bits per heavy atom. The third-order valence-corrected chi connectivity index (χ3v) is 3.79. The summed E-state index contributed by atoms with van der Waals surface area (Å²) in [7, 11) is 0. The molecule has 0 spiro atoms. The summed E-state index contributed by atoms with van der Waals surface area (Å²) in [4.78, 5) is 22.2. The van der Waals surface area contributed by atoms with Crippen molar-refractivity contribution in [1.82, 2.24) is 19.4 Å². The van der Waals surface area contributed by atoms with E-state index < -0.39 is 0 Å². The highest BCUT2D eigenvalue weighted by Crippen LogP contribution is 2.22. The lowest BCUT2D eigenvalue weighted by Crippen LogP contribution is -2.25. The summed E-state index contributed by atoms with van der Waals surface area (Å²) < 4.78 is 2.13. The van der Waals surface area contributed by atoms with Gasteiger partial charge in [-0.25, -0.2) is 4.98 Å². The number of aromatic nitrogens is 3. The van der Waals surface area contributed by atoms with Gasteiger partial charge in [0, 0.05) is 62.3 Å². The van der Waals surface area contributed by atoms with Crippen LogP contribution in [0.3, 0.4) is 0 Å². The predicted octanol–water partition coefficient (Wildman–Crippen LogP) is 1.81. The summed E-state index contributed by atoms with van der Waals surface area (Å²) in [6.07, 6.45) is 7.97. The number of hydrogen-bond acceptors (Lipinski definition) is 3. The molecule has 2 aromatic rings. The summed E-state index contributed by atoms with van der Waals surface area (Å²) in [5.41, 5.74) is 1.06. The van der Waals surface area contributed by atoms with Gasteiger partial charge in [-0.3, -0.25) is 9.78 Å². The van der Waals surface area contributed by atoms with E-state index in [1.807, 2.05) is 36.4 Å². The van der Waals surface area contributed by atoms with Crippen LogP contribution in [-0.4, -0.2) is 38.4 Å². The predicted molar refractivity (Wildman–Crippen MR) is 75.8 cm³/mol. The van der Waals surface area contributed by atoms with Crippen LogP contribution < -0.4 is 0 Å². The van der Waals surface area contributed by atoms with E-state index in [0.29, 0.717) is 12.3 Å². The van der Waals surface area contributed by atoms with E-state index in [1.165, 1.54) is 0 Å². The fraction of sp³-hybridized carbons (Fsp3) is 0.400. The Morgan fingerprint density at radius 1 is 1.30 bits per heavy atom. The van der Waals surface area contributed by atoms with Crippen molar-refractivity contribution in [1.29, 1.82) is 0 Å². The molecule has 2 aromatic heterocycles. The Labute approximate surface area is 118 Å². The Balaban J connectivity index is 1.77. The second kappa shape index (κ2) is 5.45. The van der Waals surface area contributed by atoms with Crippen LogP contribution in [0.4, 0.5) is 0 Å². The molecule has 0 radical (unpaired) electrons. The molecule has 1 fully saturated rings. The van der Waals surface area contributed by atoms with Crippen LogP contribution in [0, 0.1) is 5.92 Å². The molecule has 3 rings (SSSR count). The van der Waals surface area contributed by atoms with Gasteiger partial charge in [-0.15, -0.1) is 0 Å². The number of nitrogens with zero attached hydrogens (tertiary/aromatic N) is 4. The first-order chi connectivity index (χ1) is 9.78. The van der Waals surface area contributed by atoms with E-state index in [0.717, 1.165) is 31.0 Å². The normalized spacial score (nSPS) is 18.8. The van der Waals surface area contributed by atoms with Crippen molar-refractivity contribution in [3.8, 4) is 11.4 Å². The van der Waals surface area contributed by atoms with E-state index >= 15 is 0 Å². The van der Waals surface area contributed by atoms with E-state index in [9.17, 15) is 4.79 Å². The number of carbonyl (C=O) groups excluding carboxylic acids is 1. The highest BCUT2D eigenvalue weighted by Gasteiger charge is 2.28. The van der Waals surface area contributed by atoms with Crippen molar-refractivity contribution < 1.29 is 4.79 Å². The zero-order valence-electron chi connectivity index (χ0n) is 11.6. The number of carbonyl (C=O) groups is 1. The number of amides is 1. The average Bonchev–Trinajstić information content (AvgIpc) is 3.06. The molecule has 0 N–H and O–H groups in total. The zero-order valence-corrected chi connectivity index (χ0v) is 11.6. The van der Waals surface area contributed by atoms with Gasteiger partial charge in [0.2, 0.25) is 5.91 Å². The molecule has 5 heteroatoms. The van der Waals surface area contributed by atoms with Gasteiger partial charge in [-0.1, -0.05) is 0 Å². The molecule has 5 nitrogen and oxygen atoms in total. The van der Waals surface area contributed by atoms with E-state index in [4.69, 9.17) is 0 Å². The molecule has 0 aromatic carbocycles. The third kappa shape index (κ3) is 2.43. The third-order valence-electron chi connectivity index (χ3n) is 3.79. The molecule has 0 saturated carbocycles. The summed E-state index contributed by atoms with van der Waals surface area (Å²) in [6, 6.07) is 3.91. The van der Waals surface area contributed by atoms with E-state index in [1.54, 1.807) is 12.4 Å². The molecule has 1 saturated heterocycles. The molecule has 0 bridgehead atoms. The minimum absolute atomic E-state index is 0.267. The van der Waals surface area contributed by atoms with Crippen LogP contribution in [0.15, 0.2) is 36.9 Å². The van der Waals surface area contributed by atoms with Gasteiger partial charge in [0.1, 0.15) is 5.82 Å². The maximum absolute atomic E-state index is 11.8. The number of imidazole rings is 1. The van der Waals surface area contributed by atoms with Gasteiger partial charge >= 0.3 is 0 Å². The second-order valence-corrected chi connectivity index (χ2v) is 5.14. The number of hydrogen-bond donors (Lipinski definition) is 0. The van der Waals surface area contributed by atoms with Gasteiger partial charge < -0.3 is 9.47 Å². The largest absolute Gasteiger partial charge is 0.343 e. The minimum atomic E-state index is 0.267. The van der Waals surface area contributed by atoms with Crippen LogP contribution in [0.5, 0.6) is 0 Å². The zero-order chi connectivity index (χ0) is 13.9. The van der Waals surface area contributed by atoms with Gasteiger partial charge in [0.25, 0.3) is 0 Å². The molecule has 1 amide bonds. The Kier molecular flexibility index (Phi) is 3.50. The van der Waals surface area contributed by atoms with Crippen molar-refractivity contribution in [2.45, 2.75) is 19.9 Å². The van der Waals surface area contributed by atoms with Crippen LogP contribution in [0.25, 0.3) is 11.4 Å². The first kappa shape index (κ1) is 12.8. The lowest BCUT2D eigenvalue weighted by molar-refractivity contribution is -0.127. The maximum Gasteiger partial charge on any atom is 0.222 e. The molecule has 3 heterocycles. The quantitative estimate of drug-likeness (QED) is 0.851. The number of likely N-dealkylation sites (tertiary alicyclic amines) is 1. The van der Waals surface area contributed by atoms with Crippen molar-refractivity contribution in [2.75, 3.05) is 13.1 Å². The van der Waals surface area contributed by atoms with Crippen LogP contribution in [0.1, 0.15) is 13.3 Å². The average molecular weight is 270 g/mol. The molecule has 1 atom stereocenters. The molecule has 1 aliphatic rings.